The molecule has 0 aromatic carbocycles. The lowest BCUT2D eigenvalue weighted by Crippen LogP contribution is -2.47. The zero-order valence-electron chi connectivity index (χ0n) is 10.5. The molecule has 3 heteroatoms. The van der Waals surface area contributed by atoms with Crippen molar-refractivity contribution in [2.75, 3.05) is 24.7 Å². The van der Waals surface area contributed by atoms with E-state index in [0.29, 0.717) is 6.04 Å². The van der Waals surface area contributed by atoms with Crippen LogP contribution in [-0.4, -0.2) is 36.3 Å². The number of rotatable bonds is 5. The van der Waals surface area contributed by atoms with Gasteiger partial charge in [-0.3, -0.25) is 0 Å². The lowest BCUT2D eigenvalue weighted by molar-refractivity contribution is -0.0700. The van der Waals surface area contributed by atoms with Crippen molar-refractivity contribution >= 4 is 11.8 Å². The summed E-state index contributed by atoms with van der Waals surface area (Å²) in [7, 11) is 0. The van der Waals surface area contributed by atoms with Crippen molar-refractivity contribution in [1.29, 1.82) is 0 Å². The highest BCUT2D eigenvalue weighted by Gasteiger charge is 2.40. The number of terminal acetylenes is 1. The summed E-state index contributed by atoms with van der Waals surface area (Å²) < 4.78 is 6.01. The second-order valence-corrected chi connectivity index (χ2v) is 6.24. The molecular weight excluding hydrogens is 230 g/mol. The predicted octanol–water partition coefficient (Wildman–Crippen LogP) is 2.43. The van der Waals surface area contributed by atoms with Crippen molar-refractivity contribution in [3.05, 3.63) is 0 Å². The topological polar surface area (TPSA) is 21.3 Å². The minimum Gasteiger partial charge on any atom is -0.374 e. The third-order valence-electron chi connectivity index (χ3n) is 3.74. The van der Waals surface area contributed by atoms with Gasteiger partial charge in [-0.05, 0) is 44.4 Å². The number of thioether (sulfide) groups is 1. The third-order valence-corrected chi connectivity index (χ3v) is 4.96. The summed E-state index contributed by atoms with van der Waals surface area (Å²) in [6.45, 7) is 2.04. The zero-order chi connectivity index (χ0) is 12.0. The van der Waals surface area contributed by atoms with Gasteiger partial charge in [0, 0.05) is 24.8 Å². The first-order valence-corrected chi connectivity index (χ1v) is 7.89. The average molecular weight is 253 g/mol. The molecule has 0 aromatic rings. The van der Waals surface area contributed by atoms with E-state index in [1.54, 1.807) is 0 Å². The molecule has 2 heterocycles. The molecule has 2 aliphatic heterocycles. The van der Waals surface area contributed by atoms with E-state index < -0.39 is 0 Å². The molecule has 2 fully saturated rings. The van der Waals surface area contributed by atoms with E-state index in [9.17, 15) is 0 Å². The van der Waals surface area contributed by atoms with Crippen LogP contribution >= 0.6 is 11.8 Å². The lowest BCUT2D eigenvalue weighted by atomic mass is 9.90. The molecule has 2 saturated heterocycles. The Morgan fingerprint density at radius 3 is 3.18 bits per heavy atom. The van der Waals surface area contributed by atoms with Crippen molar-refractivity contribution < 1.29 is 4.74 Å². The minimum atomic E-state index is 0.208. The highest BCUT2D eigenvalue weighted by molar-refractivity contribution is 7.99. The van der Waals surface area contributed by atoms with E-state index in [4.69, 9.17) is 11.2 Å². The summed E-state index contributed by atoms with van der Waals surface area (Å²) in [6.07, 6.45) is 12.1. The molecule has 2 nitrogen and oxygen atoms in total. The third kappa shape index (κ3) is 3.91. The zero-order valence-corrected chi connectivity index (χ0v) is 11.4. The highest BCUT2D eigenvalue weighted by Crippen LogP contribution is 2.38. The fourth-order valence-corrected chi connectivity index (χ4v) is 4.10. The second kappa shape index (κ2) is 6.68. The largest absolute Gasteiger partial charge is 0.374 e. The van der Waals surface area contributed by atoms with Gasteiger partial charge < -0.3 is 10.1 Å². The molecule has 96 valence electrons. The average Bonchev–Trinajstić information content (AvgIpc) is 2.77. The molecular formula is C14H23NOS. The lowest BCUT2D eigenvalue weighted by Gasteiger charge is -2.38. The molecule has 2 aliphatic rings. The molecule has 0 saturated carbocycles. The summed E-state index contributed by atoms with van der Waals surface area (Å²) in [5.74, 6) is 5.16. The Morgan fingerprint density at radius 1 is 1.47 bits per heavy atom. The van der Waals surface area contributed by atoms with E-state index in [1.165, 1.54) is 37.2 Å². The Hall–Kier alpha value is -0.170. The van der Waals surface area contributed by atoms with Gasteiger partial charge in [-0.2, -0.15) is 11.8 Å². The highest BCUT2D eigenvalue weighted by atomic mass is 32.2. The summed E-state index contributed by atoms with van der Waals surface area (Å²) >= 11 is 2.04. The van der Waals surface area contributed by atoms with Crippen molar-refractivity contribution in [2.45, 2.75) is 50.2 Å². The summed E-state index contributed by atoms with van der Waals surface area (Å²) in [6, 6.07) is 0.660. The second-order valence-electron chi connectivity index (χ2n) is 5.14. The maximum absolute atomic E-state index is 6.01. The van der Waals surface area contributed by atoms with Crippen molar-refractivity contribution in [3.63, 3.8) is 0 Å². The predicted molar refractivity (Wildman–Crippen MR) is 74.3 cm³/mol. The van der Waals surface area contributed by atoms with Crippen LogP contribution in [0.5, 0.6) is 0 Å². The monoisotopic (exact) mass is 253 g/mol. The van der Waals surface area contributed by atoms with Crippen LogP contribution in [0.4, 0.5) is 0 Å². The van der Waals surface area contributed by atoms with Gasteiger partial charge in [0.2, 0.25) is 0 Å². The molecule has 0 radical (unpaired) electrons. The molecule has 0 aliphatic carbocycles. The Morgan fingerprint density at radius 2 is 2.41 bits per heavy atom. The quantitative estimate of drug-likeness (QED) is 0.600. The van der Waals surface area contributed by atoms with E-state index in [0.717, 1.165) is 26.0 Å². The molecule has 0 aromatic heterocycles. The Balaban J connectivity index is 1.65. The van der Waals surface area contributed by atoms with Crippen molar-refractivity contribution in [1.82, 2.24) is 5.32 Å². The molecule has 2 rings (SSSR count). The van der Waals surface area contributed by atoms with Crippen LogP contribution < -0.4 is 5.32 Å². The summed E-state index contributed by atoms with van der Waals surface area (Å²) in [5, 5.41) is 3.67. The molecule has 2 unspecified atom stereocenters. The molecule has 0 bridgehead atoms. The van der Waals surface area contributed by atoms with Crippen molar-refractivity contribution in [3.8, 4) is 12.3 Å². The van der Waals surface area contributed by atoms with E-state index in [-0.39, 0.29) is 5.60 Å². The van der Waals surface area contributed by atoms with Crippen LogP contribution in [-0.2, 0) is 4.74 Å². The van der Waals surface area contributed by atoms with Gasteiger partial charge in [0.1, 0.15) is 0 Å². The van der Waals surface area contributed by atoms with Crippen LogP contribution in [0.15, 0.2) is 0 Å². The normalized spacial score (nSPS) is 32.8. The Labute approximate surface area is 109 Å². The van der Waals surface area contributed by atoms with Gasteiger partial charge in [-0.1, -0.05) is 0 Å². The molecule has 0 amide bonds. The van der Waals surface area contributed by atoms with E-state index >= 15 is 0 Å². The van der Waals surface area contributed by atoms with Crippen LogP contribution in [0.25, 0.3) is 0 Å². The molecule has 2 atom stereocenters. The van der Waals surface area contributed by atoms with Gasteiger partial charge in [-0.25, -0.2) is 0 Å². The number of ether oxygens (including phenoxy) is 1. The fraction of sp³-hybridized carbons (Fsp3) is 0.857. The maximum atomic E-state index is 6.01. The van der Waals surface area contributed by atoms with Crippen LogP contribution in [0, 0.1) is 12.3 Å². The number of hydrogen-bond donors (Lipinski definition) is 1. The van der Waals surface area contributed by atoms with Gasteiger partial charge in [0.05, 0.1) is 5.60 Å². The molecule has 1 spiro atoms. The van der Waals surface area contributed by atoms with Gasteiger partial charge >= 0.3 is 0 Å². The Kier molecular flexibility index (Phi) is 5.21. The van der Waals surface area contributed by atoms with Crippen LogP contribution in [0.2, 0.25) is 0 Å². The molecule has 1 N–H and O–H groups in total. The first kappa shape index (κ1) is 13.3. The maximum Gasteiger partial charge on any atom is 0.0795 e. The fourth-order valence-electron chi connectivity index (χ4n) is 2.72. The molecule has 17 heavy (non-hydrogen) atoms. The van der Waals surface area contributed by atoms with Gasteiger partial charge in [0.15, 0.2) is 0 Å². The standard InChI is InChI=1S/C14H23NOS/c1-2-3-4-5-8-15-13-6-9-16-14(11-13)7-10-17-12-14/h1,13,15H,3-12H2. The van der Waals surface area contributed by atoms with E-state index in [2.05, 4.69) is 11.2 Å². The van der Waals surface area contributed by atoms with E-state index in [1.807, 2.05) is 11.8 Å². The van der Waals surface area contributed by atoms with Gasteiger partial charge in [0.25, 0.3) is 0 Å². The first-order chi connectivity index (χ1) is 8.35. The summed E-state index contributed by atoms with van der Waals surface area (Å²) in [5.41, 5.74) is 0.208. The SMILES string of the molecule is C#CCCCCNC1CCOC2(CCSC2)C1. The smallest absolute Gasteiger partial charge is 0.0795 e. The van der Waals surface area contributed by atoms with Gasteiger partial charge in [-0.15, -0.1) is 12.3 Å². The minimum absolute atomic E-state index is 0.208. The number of hydrogen-bond acceptors (Lipinski definition) is 3. The Bertz CT molecular complexity index is 268. The van der Waals surface area contributed by atoms with Crippen molar-refractivity contribution in [2.24, 2.45) is 0 Å². The van der Waals surface area contributed by atoms with Crippen LogP contribution in [0.3, 0.4) is 0 Å². The number of unbranched alkanes of at least 4 members (excludes halogenated alkanes) is 2. The number of nitrogens with one attached hydrogen (secondary N) is 1. The summed E-state index contributed by atoms with van der Waals surface area (Å²) in [4.78, 5) is 0. The van der Waals surface area contributed by atoms with Crippen LogP contribution in [0.1, 0.15) is 38.5 Å². The first-order valence-electron chi connectivity index (χ1n) is 6.73.